The van der Waals surface area contributed by atoms with Gasteiger partial charge in [-0.05, 0) is 19.9 Å². The van der Waals surface area contributed by atoms with E-state index in [0.29, 0.717) is 17.6 Å². The molecule has 0 radical (unpaired) electrons. The summed E-state index contributed by atoms with van der Waals surface area (Å²) >= 11 is 0. The molecule has 1 atom stereocenters. The predicted molar refractivity (Wildman–Crippen MR) is 67.5 cm³/mol. The van der Waals surface area contributed by atoms with Crippen molar-refractivity contribution in [1.82, 2.24) is 0 Å². The van der Waals surface area contributed by atoms with Gasteiger partial charge in [-0.15, -0.1) is 0 Å². The Hall–Kier alpha value is -2.10. The van der Waals surface area contributed by atoms with Crippen LogP contribution < -0.4 is 0 Å². The first kappa shape index (κ1) is 12.0. The Bertz CT molecular complexity index is 598. The first-order valence-corrected chi connectivity index (χ1v) is 6.21. The third-order valence-electron chi connectivity index (χ3n) is 3.39. The molecule has 1 unspecified atom stereocenters. The fraction of sp³-hybridized carbons (Fsp3) is 0.333. The van der Waals surface area contributed by atoms with Crippen LogP contribution in [0.5, 0.6) is 0 Å². The molecular formula is C15H14O4. The summed E-state index contributed by atoms with van der Waals surface area (Å²) in [4.78, 5) is 23.8. The van der Waals surface area contributed by atoms with Gasteiger partial charge in [0.15, 0.2) is 6.10 Å². The summed E-state index contributed by atoms with van der Waals surface area (Å²) in [6.45, 7) is 3.71. The summed E-state index contributed by atoms with van der Waals surface area (Å²) in [5, 5.41) is 0. The molecule has 0 aromatic heterocycles. The Morgan fingerprint density at radius 2 is 1.89 bits per heavy atom. The number of ether oxygens (including phenoxy) is 2. The second kappa shape index (κ2) is 3.95. The van der Waals surface area contributed by atoms with Crippen molar-refractivity contribution in [3.05, 3.63) is 47.0 Å². The quantitative estimate of drug-likeness (QED) is 0.726. The SMILES string of the molecule is CC1(C)CC=C(C2OC(=O)c3ccccc32)C(=O)O1. The summed E-state index contributed by atoms with van der Waals surface area (Å²) in [5.41, 5.74) is 1.17. The topological polar surface area (TPSA) is 52.6 Å². The van der Waals surface area contributed by atoms with Crippen LogP contribution in [0.25, 0.3) is 0 Å². The van der Waals surface area contributed by atoms with Gasteiger partial charge in [-0.3, -0.25) is 0 Å². The molecule has 19 heavy (non-hydrogen) atoms. The molecule has 1 aromatic rings. The van der Waals surface area contributed by atoms with Crippen molar-refractivity contribution in [3.8, 4) is 0 Å². The zero-order valence-corrected chi connectivity index (χ0v) is 10.8. The number of hydrogen-bond acceptors (Lipinski definition) is 4. The third-order valence-corrected chi connectivity index (χ3v) is 3.39. The van der Waals surface area contributed by atoms with Gasteiger partial charge in [-0.1, -0.05) is 24.3 Å². The minimum atomic E-state index is -0.632. The average molecular weight is 258 g/mol. The molecule has 0 spiro atoms. The molecule has 0 fully saturated rings. The molecule has 0 saturated carbocycles. The molecule has 4 nitrogen and oxygen atoms in total. The normalized spacial score (nSPS) is 24.3. The summed E-state index contributed by atoms with van der Waals surface area (Å²) < 4.78 is 10.7. The van der Waals surface area contributed by atoms with Gasteiger partial charge in [0.2, 0.25) is 0 Å². The van der Waals surface area contributed by atoms with Gasteiger partial charge in [0, 0.05) is 12.0 Å². The summed E-state index contributed by atoms with van der Waals surface area (Å²) in [6, 6.07) is 7.11. The highest BCUT2D eigenvalue weighted by atomic mass is 16.6. The van der Waals surface area contributed by atoms with Gasteiger partial charge in [0.05, 0.1) is 11.1 Å². The van der Waals surface area contributed by atoms with Crippen LogP contribution >= 0.6 is 0 Å². The lowest BCUT2D eigenvalue weighted by molar-refractivity contribution is -0.154. The lowest BCUT2D eigenvalue weighted by atomic mass is 9.93. The fourth-order valence-corrected chi connectivity index (χ4v) is 2.38. The van der Waals surface area contributed by atoms with Crippen LogP contribution in [0.3, 0.4) is 0 Å². The smallest absolute Gasteiger partial charge is 0.339 e. The van der Waals surface area contributed by atoms with Crippen molar-refractivity contribution in [3.63, 3.8) is 0 Å². The van der Waals surface area contributed by atoms with Gasteiger partial charge in [0.25, 0.3) is 0 Å². The van der Waals surface area contributed by atoms with E-state index in [4.69, 9.17) is 9.47 Å². The van der Waals surface area contributed by atoms with E-state index in [-0.39, 0.29) is 5.97 Å². The third kappa shape index (κ3) is 1.93. The first-order chi connectivity index (χ1) is 8.98. The van der Waals surface area contributed by atoms with Gasteiger partial charge < -0.3 is 9.47 Å². The molecule has 3 rings (SSSR count). The van der Waals surface area contributed by atoms with Crippen molar-refractivity contribution in [2.45, 2.75) is 32.0 Å². The lowest BCUT2D eigenvalue weighted by Crippen LogP contribution is -2.33. The van der Waals surface area contributed by atoms with Crippen LogP contribution in [0, 0.1) is 0 Å². The van der Waals surface area contributed by atoms with E-state index in [2.05, 4.69) is 0 Å². The Balaban J connectivity index is 2.00. The number of benzene rings is 1. The van der Waals surface area contributed by atoms with Crippen LogP contribution in [0.4, 0.5) is 0 Å². The van der Waals surface area contributed by atoms with E-state index in [1.807, 2.05) is 26.0 Å². The zero-order chi connectivity index (χ0) is 13.6. The van der Waals surface area contributed by atoms with Crippen molar-refractivity contribution in [2.75, 3.05) is 0 Å². The fourth-order valence-electron chi connectivity index (χ4n) is 2.38. The number of cyclic esters (lactones) is 2. The molecule has 0 aliphatic carbocycles. The Morgan fingerprint density at radius 3 is 2.63 bits per heavy atom. The average Bonchev–Trinajstić information content (AvgIpc) is 2.67. The van der Waals surface area contributed by atoms with Crippen molar-refractivity contribution >= 4 is 11.9 Å². The van der Waals surface area contributed by atoms with Gasteiger partial charge in [-0.25, -0.2) is 9.59 Å². The van der Waals surface area contributed by atoms with Crippen LogP contribution in [0.1, 0.15) is 42.3 Å². The van der Waals surface area contributed by atoms with Crippen LogP contribution in [-0.4, -0.2) is 17.5 Å². The van der Waals surface area contributed by atoms with E-state index in [1.54, 1.807) is 18.2 Å². The molecule has 98 valence electrons. The Morgan fingerprint density at radius 1 is 1.16 bits per heavy atom. The monoisotopic (exact) mass is 258 g/mol. The van der Waals surface area contributed by atoms with Gasteiger partial charge in [0.1, 0.15) is 5.60 Å². The second-order valence-corrected chi connectivity index (χ2v) is 5.39. The molecule has 0 bridgehead atoms. The Kier molecular flexibility index (Phi) is 2.49. The highest BCUT2D eigenvalue weighted by molar-refractivity contribution is 5.98. The predicted octanol–water partition coefficient (Wildman–Crippen LogP) is 2.55. The minimum Gasteiger partial charge on any atom is -0.456 e. The summed E-state index contributed by atoms with van der Waals surface area (Å²) in [7, 11) is 0. The molecule has 4 heteroatoms. The van der Waals surface area contributed by atoms with Crippen LogP contribution in [0.2, 0.25) is 0 Å². The van der Waals surface area contributed by atoms with Crippen molar-refractivity contribution in [1.29, 1.82) is 0 Å². The number of carbonyl (C=O) groups is 2. The Labute approximate surface area is 111 Å². The highest BCUT2D eigenvalue weighted by Gasteiger charge is 2.40. The number of hydrogen-bond donors (Lipinski definition) is 0. The zero-order valence-electron chi connectivity index (χ0n) is 10.8. The van der Waals surface area contributed by atoms with Crippen molar-refractivity contribution in [2.24, 2.45) is 0 Å². The lowest BCUT2D eigenvalue weighted by Gasteiger charge is -2.30. The largest absolute Gasteiger partial charge is 0.456 e. The maximum Gasteiger partial charge on any atom is 0.339 e. The maximum atomic E-state index is 12.0. The molecule has 2 aliphatic rings. The van der Waals surface area contributed by atoms with Crippen molar-refractivity contribution < 1.29 is 19.1 Å². The van der Waals surface area contributed by atoms with E-state index >= 15 is 0 Å². The molecule has 0 amide bonds. The van der Waals surface area contributed by atoms with Gasteiger partial charge >= 0.3 is 11.9 Å². The van der Waals surface area contributed by atoms with Crippen LogP contribution in [0.15, 0.2) is 35.9 Å². The number of fused-ring (bicyclic) bond motifs is 1. The molecule has 1 aromatic carbocycles. The molecule has 2 heterocycles. The van der Waals surface area contributed by atoms with E-state index < -0.39 is 17.7 Å². The van der Waals surface area contributed by atoms with Crippen LogP contribution in [-0.2, 0) is 14.3 Å². The molecule has 0 N–H and O–H groups in total. The standard InChI is InChI=1S/C15H14O4/c1-15(2)8-7-11(14(17)19-15)12-9-5-3-4-6-10(9)13(16)18-12/h3-7,12H,8H2,1-2H3. The highest BCUT2D eigenvalue weighted by Crippen LogP contribution is 2.39. The summed E-state index contributed by atoms with van der Waals surface area (Å²) in [6.07, 6.45) is 1.79. The molecule has 0 saturated heterocycles. The summed E-state index contributed by atoms with van der Waals surface area (Å²) in [5.74, 6) is -0.801. The van der Waals surface area contributed by atoms with E-state index in [1.165, 1.54) is 0 Å². The maximum absolute atomic E-state index is 12.0. The second-order valence-electron chi connectivity index (χ2n) is 5.39. The molecular weight excluding hydrogens is 244 g/mol. The van der Waals surface area contributed by atoms with E-state index in [9.17, 15) is 9.59 Å². The molecule has 2 aliphatic heterocycles. The minimum absolute atomic E-state index is 0.390. The van der Waals surface area contributed by atoms with Gasteiger partial charge in [-0.2, -0.15) is 0 Å². The number of esters is 2. The van der Waals surface area contributed by atoms with E-state index in [0.717, 1.165) is 5.56 Å². The number of rotatable bonds is 1. The first-order valence-electron chi connectivity index (χ1n) is 6.21. The number of carbonyl (C=O) groups excluding carboxylic acids is 2.